The summed E-state index contributed by atoms with van der Waals surface area (Å²) in [4.78, 5) is 23.6. The number of aryl methyl sites for hydroxylation is 1. The molecule has 2 aromatic rings. The second-order valence-electron chi connectivity index (χ2n) is 5.29. The van der Waals surface area contributed by atoms with Crippen molar-refractivity contribution in [3.05, 3.63) is 58.7 Å². The van der Waals surface area contributed by atoms with Crippen LogP contribution in [0.4, 0.5) is 13.2 Å². The molecule has 128 valence electrons. The van der Waals surface area contributed by atoms with Gasteiger partial charge in [0.2, 0.25) is 0 Å². The van der Waals surface area contributed by atoms with Gasteiger partial charge < -0.3 is 15.0 Å². The molecule has 1 amide bonds. The third-order valence-electron chi connectivity index (χ3n) is 3.54. The van der Waals surface area contributed by atoms with E-state index >= 15 is 0 Å². The quantitative estimate of drug-likeness (QED) is 0.647. The van der Waals surface area contributed by atoms with Crippen molar-refractivity contribution < 1.29 is 27.9 Å². The third kappa shape index (κ3) is 3.48. The zero-order chi connectivity index (χ0) is 18.0. The van der Waals surface area contributed by atoms with Crippen molar-refractivity contribution in [2.45, 2.75) is 13.0 Å². The predicted molar refractivity (Wildman–Crippen MR) is 79.0 cm³/mol. The molecule has 5 nitrogen and oxygen atoms in total. The lowest BCUT2D eigenvalue weighted by atomic mass is 10.1. The number of aromatic nitrogens is 1. The van der Waals surface area contributed by atoms with Gasteiger partial charge in [0, 0.05) is 18.8 Å². The van der Waals surface area contributed by atoms with E-state index < -0.39 is 36.0 Å². The standard InChI is InChI=1S/C16H15F3N2O3/c1-8(23)10-5-14(21(2)6-10)16(24)20-13(7-22)9-3-11(17)15(19)12(18)4-9/h3-6,13,22H,7H2,1-2H3,(H,20,24). The Kier molecular flexibility index (Phi) is 5.08. The Hall–Kier alpha value is -2.61. The number of benzene rings is 1. The van der Waals surface area contributed by atoms with Crippen LogP contribution in [0.25, 0.3) is 0 Å². The maximum Gasteiger partial charge on any atom is 0.268 e. The minimum Gasteiger partial charge on any atom is -0.394 e. The first-order chi connectivity index (χ1) is 11.2. The summed E-state index contributed by atoms with van der Waals surface area (Å²) in [7, 11) is 1.55. The highest BCUT2D eigenvalue weighted by Gasteiger charge is 2.21. The number of carbonyl (C=O) groups excluding carboxylic acids is 2. The summed E-state index contributed by atoms with van der Waals surface area (Å²) < 4.78 is 41.0. The predicted octanol–water partition coefficient (Wildman–Crippen LogP) is 2.11. The van der Waals surface area contributed by atoms with Crippen molar-refractivity contribution in [3.8, 4) is 0 Å². The van der Waals surface area contributed by atoms with Crippen LogP contribution in [0.1, 0.15) is 39.4 Å². The van der Waals surface area contributed by atoms with Crippen LogP contribution in [0.5, 0.6) is 0 Å². The summed E-state index contributed by atoms with van der Waals surface area (Å²) >= 11 is 0. The molecule has 1 atom stereocenters. The van der Waals surface area contributed by atoms with E-state index in [4.69, 9.17) is 0 Å². The summed E-state index contributed by atoms with van der Waals surface area (Å²) in [6.07, 6.45) is 1.46. The van der Waals surface area contributed by atoms with Crippen LogP contribution in [-0.4, -0.2) is 28.0 Å². The molecular weight excluding hydrogens is 325 g/mol. The van der Waals surface area contributed by atoms with Gasteiger partial charge in [-0.1, -0.05) is 0 Å². The lowest BCUT2D eigenvalue weighted by molar-refractivity contribution is 0.0907. The summed E-state index contributed by atoms with van der Waals surface area (Å²) in [5.41, 5.74) is 0.326. The molecule has 0 aliphatic heterocycles. The van der Waals surface area contributed by atoms with Gasteiger partial charge in [-0.05, 0) is 30.7 Å². The smallest absolute Gasteiger partial charge is 0.268 e. The maximum atomic E-state index is 13.3. The molecule has 1 unspecified atom stereocenters. The van der Waals surface area contributed by atoms with Crippen LogP contribution < -0.4 is 5.32 Å². The first-order valence-electron chi connectivity index (χ1n) is 6.98. The molecule has 8 heteroatoms. The summed E-state index contributed by atoms with van der Waals surface area (Å²) in [5, 5.41) is 11.8. The normalized spacial score (nSPS) is 12.1. The van der Waals surface area contributed by atoms with Gasteiger partial charge in [0.25, 0.3) is 5.91 Å². The number of aliphatic hydroxyl groups excluding tert-OH is 1. The molecule has 0 spiro atoms. The Balaban J connectivity index is 2.27. The Bertz CT molecular complexity index is 779. The molecule has 2 rings (SSSR count). The molecule has 0 saturated carbocycles. The van der Waals surface area contributed by atoms with E-state index in [1.54, 1.807) is 7.05 Å². The van der Waals surface area contributed by atoms with Crippen molar-refractivity contribution in [2.24, 2.45) is 7.05 Å². The van der Waals surface area contributed by atoms with Crippen LogP contribution in [-0.2, 0) is 7.05 Å². The van der Waals surface area contributed by atoms with Gasteiger partial charge in [-0.3, -0.25) is 9.59 Å². The van der Waals surface area contributed by atoms with Crippen molar-refractivity contribution in [1.29, 1.82) is 0 Å². The van der Waals surface area contributed by atoms with E-state index in [1.165, 1.54) is 23.8 Å². The Morgan fingerprint density at radius 3 is 2.25 bits per heavy atom. The van der Waals surface area contributed by atoms with Gasteiger partial charge in [-0.2, -0.15) is 0 Å². The fourth-order valence-electron chi connectivity index (χ4n) is 2.23. The molecule has 1 heterocycles. The zero-order valence-corrected chi connectivity index (χ0v) is 12.9. The summed E-state index contributed by atoms with van der Waals surface area (Å²) in [6.45, 7) is 0.692. The molecule has 0 saturated heterocycles. The van der Waals surface area contributed by atoms with Crippen LogP contribution in [0.15, 0.2) is 24.4 Å². The SMILES string of the molecule is CC(=O)c1cc(C(=O)NC(CO)c2cc(F)c(F)c(F)c2)n(C)c1. The Morgan fingerprint density at radius 1 is 1.21 bits per heavy atom. The molecule has 0 aliphatic carbocycles. The van der Waals surface area contributed by atoms with Crippen molar-refractivity contribution in [3.63, 3.8) is 0 Å². The van der Waals surface area contributed by atoms with E-state index in [0.29, 0.717) is 17.7 Å². The second kappa shape index (κ2) is 6.88. The van der Waals surface area contributed by atoms with Crippen molar-refractivity contribution >= 4 is 11.7 Å². The van der Waals surface area contributed by atoms with Gasteiger partial charge in [0.1, 0.15) is 5.69 Å². The number of amides is 1. The fraction of sp³-hybridized carbons (Fsp3) is 0.250. The van der Waals surface area contributed by atoms with E-state index in [1.807, 2.05) is 0 Å². The highest BCUT2D eigenvalue weighted by atomic mass is 19.2. The molecule has 24 heavy (non-hydrogen) atoms. The molecule has 0 fully saturated rings. The van der Waals surface area contributed by atoms with Gasteiger partial charge in [0.05, 0.1) is 12.6 Å². The average Bonchev–Trinajstić information content (AvgIpc) is 2.92. The molecule has 2 N–H and O–H groups in total. The molecule has 1 aromatic heterocycles. The fourth-order valence-corrected chi connectivity index (χ4v) is 2.23. The number of halogens is 3. The number of Topliss-reactive ketones (excluding diaryl/α,β-unsaturated/α-hetero) is 1. The van der Waals surface area contributed by atoms with Gasteiger partial charge in [0.15, 0.2) is 23.2 Å². The number of nitrogens with one attached hydrogen (secondary N) is 1. The number of ketones is 1. The van der Waals surface area contributed by atoms with Gasteiger partial charge in [-0.25, -0.2) is 13.2 Å². The van der Waals surface area contributed by atoms with E-state index in [0.717, 1.165) is 0 Å². The lowest BCUT2D eigenvalue weighted by Gasteiger charge is -2.17. The molecule has 1 aromatic carbocycles. The topological polar surface area (TPSA) is 71.3 Å². The Morgan fingerprint density at radius 2 is 1.79 bits per heavy atom. The number of hydrogen-bond donors (Lipinski definition) is 2. The average molecular weight is 340 g/mol. The number of nitrogens with zero attached hydrogens (tertiary/aromatic N) is 1. The van der Waals surface area contributed by atoms with Crippen LogP contribution in [0.2, 0.25) is 0 Å². The summed E-state index contributed by atoms with van der Waals surface area (Å²) in [6, 6.07) is 1.62. The highest BCUT2D eigenvalue weighted by molar-refractivity contribution is 5.99. The molecule has 0 aliphatic rings. The highest BCUT2D eigenvalue weighted by Crippen LogP contribution is 2.20. The number of rotatable bonds is 5. The second-order valence-corrected chi connectivity index (χ2v) is 5.29. The van der Waals surface area contributed by atoms with E-state index in [2.05, 4.69) is 5.32 Å². The number of aliphatic hydroxyl groups is 1. The minimum atomic E-state index is -1.63. The molecule has 0 radical (unpaired) electrons. The largest absolute Gasteiger partial charge is 0.394 e. The Labute approximate surface area is 135 Å². The monoisotopic (exact) mass is 340 g/mol. The first-order valence-corrected chi connectivity index (χ1v) is 6.98. The van der Waals surface area contributed by atoms with Crippen LogP contribution in [0, 0.1) is 17.5 Å². The lowest BCUT2D eigenvalue weighted by Crippen LogP contribution is -2.32. The van der Waals surface area contributed by atoms with E-state index in [-0.39, 0.29) is 17.0 Å². The first kappa shape index (κ1) is 17.7. The molecule has 0 bridgehead atoms. The van der Waals surface area contributed by atoms with Crippen molar-refractivity contribution in [2.75, 3.05) is 6.61 Å². The number of hydrogen-bond acceptors (Lipinski definition) is 3. The molecular formula is C16H15F3N2O3. The minimum absolute atomic E-state index is 0.122. The summed E-state index contributed by atoms with van der Waals surface area (Å²) in [5.74, 6) is -5.36. The maximum absolute atomic E-state index is 13.3. The van der Waals surface area contributed by atoms with Gasteiger partial charge in [-0.15, -0.1) is 0 Å². The van der Waals surface area contributed by atoms with E-state index in [9.17, 15) is 27.9 Å². The number of carbonyl (C=O) groups is 2. The zero-order valence-electron chi connectivity index (χ0n) is 12.9. The van der Waals surface area contributed by atoms with Crippen LogP contribution in [0.3, 0.4) is 0 Å². The van der Waals surface area contributed by atoms with Crippen molar-refractivity contribution in [1.82, 2.24) is 9.88 Å². The van der Waals surface area contributed by atoms with Gasteiger partial charge >= 0.3 is 0 Å². The third-order valence-corrected chi connectivity index (χ3v) is 3.54. The van der Waals surface area contributed by atoms with Crippen LogP contribution >= 0.6 is 0 Å².